The molecule has 0 aromatic heterocycles. The number of hydrogen-bond donors (Lipinski definition) is 2. The molecule has 0 saturated carbocycles. The van der Waals surface area contributed by atoms with E-state index in [0.717, 1.165) is 4.90 Å². The van der Waals surface area contributed by atoms with Crippen LogP contribution in [0.1, 0.15) is 26.3 Å². The van der Waals surface area contributed by atoms with Crippen molar-refractivity contribution in [3.63, 3.8) is 0 Å². The lowest BCUT2D eigenvalue weighted by Crippen LogP contribution is -2.39. The smallest absolute Gasteiger partial charge is 0.324 e. The number of rotatable bonds is 5. The Labute approximate surface area is 130 Å². The van der Waals surface area contributed by atoms with Crippen molar-refractivity contribution in [2.24, 2.45) is 0 Å². The van der Waals surface area contributed by atoms with E-state index >= 15 is 0 Å². The third-order valence-electron chi connectivity index (χ3n) is 3.49. The number of nitrogens with one attached hydrogen (secondary N) is 1. The van der Waals surface area contributed by atoms with Crippen LogP contribution < -0.4 is 10.1 Å². The number of β-amino-alcohol motifs (C(OH)–C–C–N with tert-alkyl or cyclic N) is 1. The molecule has 0 aliphatic carbocycles. The second kappa shape index (κ2) is 6.36. The molecular weight excluding hydrogens is 284 g/mol. The number of nitrogens with zero attached hydrogens (tertiary/aromatic N) is 1. The number of aliphatic hydroxyl groups is 1. The summed E-state index contributed by atoms with van der Waals surface area (Å²) in [7, 11) is 0. The summed E-state index contributed by atoms with van der Waals surface area (Å²) in [5, 5.41) is 12.3. The van der Waals surface area contributed by atoms with Gasteiger partial charge in [-0.05, 0) is 23.1 Å². The van der Waals surface area contributed by atoms with E-state index < -0.39 is 12.1 Å². The van der Waals surface area contributed by atoms with Crippen LogP contribution in [0.2, 0.25) is 0 Å². The molecule has 1 aromatic carbocycles. The Morgan fingerprint density at radius 2 is 1.91 bits per heavy atom. The summed E-state index contributed by atoms with van der Waals surface area (Å²) in [5.41, 5.74) is 1.27. The molecular formula is C16H22N2O4. The van der Waals surface area contributed by atoms with Gasteiger partial charge < -0.3 is 15.2 Å². The second-order valence-corrected chi connectivity index (χ2v) is 6.40. The van der Waals surface area contributed by atoms with Gasteiger partial charge in [0, 0.05) is 0 Å². The van der Waals surface area contributed by atoms with Crippen molar-refractivity contribution in [2.45, 2.75) is 32.3 Å². The van der Waals surface area contributed by atoms with E-state index in [1.165, 1.54) is 5.56 Å². The number of carbonyl (C=O) groups is 2. The van der Waals surface area contributed by atoms with Gasteiger partial charge in [0.05, 0.1) is 13.1 Å². The van der Waals surface area contributed by atoms with Crippen molar-refractivity contribution in [2.75, 3.05) is 19.7 Å². The van der Waals surface area contributed by atoms with Gasteiger partial charge in [-0.1, -0.05) is 32.9 Å². The van der Waals surface area contributed by atoms with Gasteiger partial charge in [-0.3, -0.25) is 9.69 Å². The van der Waals surface area contributed by atoms with Crippen LogP contribution in [-0.2, 0) is 10.2 Å². The largest absolute Gasteiger partial charge is 0.491 e. The number of benzene rings is 1. The fourth-order valence-electron chi connectivity index (χ4n) is 2.15. The highest BCUT2D eigenvalue weighted by molar-refractivity contribution is 6.01. The molecule has 1 heterocycles. The number of carbonyl (C=O) groups excluding carboxylic acids is 2. The van der Waals surface area contributed by atoms with Crippen LogP contribution in [0.3, 0.4) is 0 Å². The van der Waals surface area contributed by atoms with Crippen LogP contribution in [0.5, 0.6) is 5.75 Å². The van der Waals surface area contributed by atoms with E-state index in [1.54, 1.807) is 0 Å². The molecule has 1 atom stereocenters. The Hall–Kier alpha value is -2.08. The van der Waals surface area contributed by atoms with Gasteiger partial charge in [-0.2, -0.15) is 0 Å². The molecule has 2 N–H and O–H groups in total. The zero-order valence-electron chi connectivity index (χ0n) is 13.1. The molecule has 2 rings (SSSR count). The number of amides is 3. The van der Waals surface area contributed by atoms with Gasteiger partial charge >= 0.3 is 6.03 Å². The van der Waals surface area contributed by atoms with Crippen molar-refractivity contribution < 1.29 is 19.4 Å². The fraction of sp³-hybridized carbons (Fsp3) is 0.500. The van der Waals surface area contributed by atoms with Crippen LogP contribution in [0.4, 0.5) is 4.79 Å². The van der Waals surface area contributed by atoms with E-state index in [2.05, 4.69) is 26.1 Å². The first-order valence-electron chi connectivity index (χ1n) is 7.27. The van der Waals surface area contributed by atoms with Gasteiger partial charge in [0.2, 0.25) is 5.91 Å². The number of urea groups is 1. The topological polar surface area (TPSA) is 78.9 Å². The van der Waals surface area contributed by atoms with Crippen LogP contribution in [-0.4, -0.2) is 47.7 Å². The molecule has 1 aliphatic rings. The van der Waals surface area contributed by atoms with E-state index in [4.69, 9.17) is 4.74 Å². The van der Waals surface area contributed by atoms with Gasteiger partial charge in [0.25, 0.3) is 0 Å². The quantitative estimate of drug-likeness (QED) is 0.803. The summed E-state index contributed by atoms with van der Waals surface area (Å²) in [5.74, 6) is 0.308. The van der Waals surface area contributed by atoms with E-state index in [1.807, 2.05) is 24.3 Å². The molecule has 6 heteroatoms. The van der Waals surface area contributed by atoms with Crippen LogP contribution in [0.15, 0.2) is 24.3 Å². The van der Waals surface area contributed by atoms with Gasteiger partial charge in [0.1, 0.15) is 18.5 Å². The first-order chi connectivity index (χ1) is 10.3. The highest BCUT2D eigenvalue weighted by atomic mass is 16.5. The van der Waals surface area contributed by atoms with Crippen LogP contribution in [0, 0.1) is 0 Å². The SMILES string of the molecule is CC(C)(C)c1ccc(OC[C@H](O)CN2C(=O)CNC2=O)cc1. The van der Waals surface area contributed by atoms with Crippen molar-refractivity contribution in [3.8, 4) is 5.75 Å². The van der Waals surface area contributed by atoms with Gasteiger partial charge in [-0.15, -0.1) is 0 Å². The average molecular weight is 306 g/mol. The summed E-state index contributed by atoms with van der Waals surface area (Å²) in [4.78, 5) is 23.8. The lowest BCUT2D eigenvalue weighted by molar-refractivity contribution is -0.126. The van der Waals surface area contributed by atoms with Crippen molar-refractivity contribution in [1.29, 1.82) is 0 Å². The predicted octanol–water partition coefficient (Wildman–Crippen LogP) is 1.28. The Kier molecular flexibility index (Phi) is 4.71. The van der Waals surface area contributed by atoms with Gasteiger partial charge in [-0.25, -0.2) is 4.79 Å². The van der Waals surface area contributed by atoms with Crippen molar-refractivity contribution >= 4 is 11.9 Å². The molecule has 1 saturated heterocycles. The molecule has 22 heavy (non-hydrogen) atoms. The summed E-state index contributed by atoms with van der Waals surface area (Å²) in [6, 6.07) is 7.19. The second-order valence-electron chi connectivity index (χ2n) is 6.40. The molecule has 1 fully saturated rings. The Balaban J connectivity index is 1.85. The third kappa shape index (κ3) is 3.98. The normalized spacial score (nSPS) is 16.6. The van der Waals surface area contributed by atoms with Crippen LogP contribution >= 0.6 is 0 Å². The highest BCUT2D eigenvalue weighted by Crippen LogP contribution is 2.24. The molecule has 6 nitrogen and oxygen atoms in total. The molecule has 120 valence electrons. The molecule has 0 spiro atoms. The standard InChI is InChI=1S/C16H22N2O4/c1-16(2,3)11-4-6-13(7-5-11)22-10-12(19)9-18-14(20)8-17-15(18)21/h4-7,12,19H,8-10H2,1-3H3,(H,17,21)/t12-/m1/s1. The highest BCUT2D eigenvalue weighted by Gasteiger charge is 2.30. The van der Waals surface area contributed by atoms with Crippen molar-refractivity contribution in [3.05, 3.63) is 29.8 Å². The first-order valence-corrected chi connectivity index (χ1v) is 7.27. The average Bonchev–Trinajstić information content (AvgIpc) is 2.76. The fourth-order valence-corrected chi connectivity index (χ4v) is 2.15. The van der Waals surface area contributed by atoms with Crippen molar-refractivity contribution in [1.82, 2.24) is 10.2 Å². The Bertz CT molecular complexity index is 532. The van der Waals surface area contributed by atoms with E-state index in [0.29, 0.717) is 5.75 Å². The lowest BCUT2D eigenvalue weighted by Gasteiger charge is -2.20. The zero-order valence-corrected chi connectivity index (χ0v) is 13.1. The maximum Gasteiger partial charge on any atom is 0.324 e. The minimum atomic E-state index is -0.921. The van der Waals surface area contributed by atoms with E-state index in [-0.39, 0.29) is 31.0 Å². The minimum Gasteiger partial charge on any atom is -0.491 e. The van der Waals surface area contributed by atoms with Crippen LogP contribution in [0.25, 0.3) is 0 Å². The number of hydrogen-bond acceptors (Lipinski definition) is 4. The molecule has 0 bridgehead atoms. The number of aliphatic hydroxyl groups excluding tert-OH is 1. The van der Waals surface area contributed by atoms with E-state index in [9.17, 15) is 14.7 Å². The summed E-state index contributed by atoms with van der Waals surface area (Å²) in [6.07, 6.45) is -0.921. The Morgan fingerprint density at radius 1 is 1.27 bits per heavy atom. The molecule has 0 radical (unpaired) electrons. The summed E-state index contributed by atoms with van der Waals surface area (Å²) < 4.78 is 5.50. The first kappa shape index (κ1) is 16.3. The molecule has 1 aliphatic heterocycles. The monoisotopic (exact) mass is 306 g/mol. The summed E-state index contributed by atoms with van der Waals surface area (Å²) in [6.45, 7) is 6.33. The Morgan fingerprint density at radius 3 is 2.41 bits per heavy atom. The maximum atomic E-state index is 11.4. The molecule has 3 amide bonds. The third-order valence-corrected chi connectivity index (χ3v) is 3.49. The molecule has 0 unspecified atom stereocenters. The van der Waals surface area contributed by atoms with Gasteiger partial charge in [0.15, 0.2) is 0 Å². The summed E-state index contributed by atoms with van der Waals surface area (Å²) >= 11 is 0. The molecule has 1 aromatic rings. The minimum absolute atomic E-state index is 0.0132. The zero-order chi connectivity index (χ0) is 16.3. The predicted molar refractivity (Wildman–Crippen MR) is 81.8 cm³/mol. The number of ether oxygens (including phenoxy) is 1. The lowest BCUT2D eigenvalue weighted by atomic mass is 9.87. The maximum absolute atomic E-state index is 11.4. The number of imide groups is 1.